The van der Waals surface area contributed by atoms with Crippen molar-refractivity contribution in [1.29, 1.82) is 0 Å². The Balaban J connectivity index is 1.85. The molecule has 0 spiro atoms. The van der Waals surface area contributed by atoms with Crippen LogP contribution >= 0.6 is 0 Å². The Morgan fingerprint density at radius 1 is 1.03 bits per heavy atom. The SMILES string of the molecule is CC(C)=CCC/C(C)=C/Cc1c(O)cc2c(c1O)C(=O)C[C@@H](c1cc(O)cc(O)c1)O2. The van der Waals surface area contributed by atoms with Crippen molar-refractivity contribution in [2.45, 2.75) is 52.6 Å². The number of Topliss-reactive ketones (excluding diaryl/α,β-unsaturated/α-hetero) is 1. The molecular weight excluding hydrogens is 396 g/mol. The van der Waals surface area contributed by atoms with Crippen molar-refractivity contribution in [3.05, 3.63) is 64.3 Å². The Morgan fingerprint density at radius 3 is 2.35 bits per heavy atom. The van der Waals surface area contributed by atoms with E-state index in [0.717, 1.165) is 18.4 Å². The van der Waals surface area contributed by atoms with Gasteiger partial charge in [-0.3, -0.25) is 4.79 Å². The Bertz CT molecular complexity index is 1040. The van der Waals surface area contributed by atoms with Crippen molar-refractivity contribution in [3.8, 4) is 28.7 Å². The number of aromatic hydroxyl groups is 4. The van der Waals surface area contributed by atoms with Crippen LogP contribution in [-0.4, -0.2) is 26.2 Å². The van der Waals surface area contributed by atoms with E-state index < -0.39 is 6.10 Å². The molecule has 4 N–H and O–H groups in total. The standard InChI is InChI=1S/C25H28O6/c1-14(2)5-4-6-15(3)7-8-19-20(28)12-23-24(25(19)30)21(29)13-22(31-23)16-9-17(26)11-18(27)10-16/h5,7,9-12,22,26-28,30H,4,6,8,13H2,1-3H3/b15-7+/t22-/m0/s1. The molecule has 6 heteroatoms. The van der Waals surface area contributed by atoms with Crippen LogP contribution in [0.3, 0.4) is 0 Å². The van der Waals surface area contributed by atoms with Crippen molar-refractivity contribution >= 4 is 5.78 Å². The van der Waals surface area contributed by atoms with E-state index >= 15 is 0 Å². The Kier molecular flexibility index (Phi) is 6.59. The lowest BCUT2D eigenvalue weighted by atomic mass is 9.92. The van der Waals surface area contributed by atoms with Crippen LogP contribution in [0.1, 0.15) is 67.6 Å². The summed E-state index contributed by atoms with van der Waals surface area (Å²) in [5.74, 6) is -0.985. The van der Waals surface area contributed by atoms with Gasteiger partial charge in [0.15, 0.2) is 5.78 Å². The number of hydrogen-bond acceptors (Lipinski definition) is 6. The number of carbonyl (C=O) groups excluding carboxylic acids is 1. The summed E-state index contributed by atoms with van der Waals surface area (Å²) in [6, 6.07) is 5.32. The van der Waals surface area contributed by atoms with Crippen LogP contribution in [0.2, 0.25) is 0 Å². The largest absolute Gasteiger partial charge is 0.508 e. The van der Waals surface area contributed by atoms with Gasteiger partial charge in [-0.1, -0.05) is 23.3 Å². The molecule has 0 saturated heterocycles. The maximum atomic E-state index is 12.8. The first kappa shape index (κ1) is 22.3. The molecule has 0 bridgehead atoms. The van der Waals surface area contributed by atoms with Gasteiger partial charge in [-0.15, -0.1) is 0 Å². The van der Waals surface area contributed by atoms with Gasteiger partial charge in [0.1, 0.15) is 40.4 Å². The third-order valence-electron chi connectivity index (χ3n) is 5.31. The third-order valence-corrected chi connectivity index (χ3v) is 5.31. The minimum absolute atomic E-state index is 0.0454. The van der Waals surface area contributed by atoms with Crippen molar-refractivity contribution < 1.29 is 30.0 Å². The summed E-state index contributed by atoms with van der Waals surface area (Å²) in [5, 5.41) is 40.6. The lowest BCUT2D eigenvalue weighted by molar-refractivity contribution is 0.0843. The number of allylic oxidation sites excluding steroid dienone is 4. The highest BCUT2D eigenvalue weighted by Gasteiger charge is 2.33. The minimum Gasteiger partial charge on any atom is -0.508 e. The molecule has 1 aliphatic heterocycles. The number of ether oxygens (including phenoxy) is 1. The van der Waals surface area contributed by atoms with E-state index in [9.17, 15) is 25.2 Å². The molecule has 6 nitrogen and oxygen atoms in total. The quantitative estimate of drug-likeness (QED) is 0.459. The van der Waals surface area contributed by atoms with Crippen LogP contribution in [0.15, 0.2) is 47.6 Å². The van der Waals surface area contributed by atoms with Crippen LogP contribution in [-0.2, 0) is 6.42 Å². The van der Waals surface area contributed by atoms with E-state index in [1.54, 1.807) is 0 Å². The average molecular weight is 424 g/mol. The predicted octanol–water partition coefficient (Wildman–Crippen LogP) is 5.45. The summed E-state index contributed by atoms with van der Waals surface area (Å²) in [6.07, 6.45) is 5.37. The maximum absolute atomic E-state index is 12.8. The van der Waals surface area contributed by atoms with Crippen LogP contribution < -0.4 is 4.74 Å². The number of rotatable bonds is 6. The summed E-state index contributed by atoms with van der Waals surface area (Å²) in [4.78, 5) is 12.8. The summed E-state index contributed by atoms with van der Waals surface area (Å²) < 4.78 is 5.83. The molecule has 3 rings (SSSR count). The average Bonchev–Trinajstić information content (AvgIpc) is 2.66. The molecule has 31 heavy (non-hydrogen) atoms. The van der Waals surface area contributed by atoms with E-state index in [2.05, 4.69) is 19.9 Å². The van der Waals surface area contributed by atoms with Crippen molar-refractivity contribution in [3.63, 3.8) is 0 Å². The van der Waals surface area contributed by atoms with Crippen LogP contribution in [0.5, 0.6) is 28.7 Å². The zero-order valence-corrected chi connectivity index (χ0v) is 18.0. The lowest BCUT2D eigenvalue weighted by Gasteiger charge is -2.27. The van der Waals surface area contributed by atoms with Gasteiger partial charge in [0.25, 0.3) is 0 Å². The summed E-state index contributed by atoms with van der Waals surface area (Å²) in [5.41, 5.74) is 3.14. The third kappa shape index (κ3) is 5.20. The second kappa shape index (κ2) is 9.16. The Morgan fingerprint density at radius 2 is 1.71 bits per heavy atom. The molecule has 2 aromatic carbocycles. The highest BCUT2D eigenvalue weighted by molar-refractivity contribution is 6.03. The van der Waals surface area contributed by atoms with Crippen LogP contribution in [0.25, 0.3) is 0 Å². The molecule has 0 fully saturated rings. The first-order valence-electron chi connectivity index (χ1n) is 10.2. The highest BCUT2D eigenvalue weighted by atomic mass is 16.5. The fraction of sp³-hybridized carbons (Fsp3) is 0.320. The maximum Gasteiger partial charge on any atom is 0.174 e. The molecule has 1 heterocycles. The molecule has 164 valence electrons. The number of phenols is 4. The molecule has 1 aliphatic rings. The highest BCUT2D eigenvalue weighted by Crippen LogP contribution is 2.45. The van der Waals surface area contributed by atoms with Gasteiger partial charge in [-0.2, -0.15) is 0 Å². The van der Waals surface area contributed by atoms with E-state index in [0.29, 0.717) is 12.0 Å². The summed E-state index contributed by atoms with van der Waals surface area (Å²) >= 11 is 0. The predicted molar refractivity (Wildman–Crippen MR) is 118 cm³/mol. The molecule has 0 radical (unpaired) electrons. The summed E-state index contributed by atoms with van der Waals surface area (Å²) in [6.45, 7) is 6.10. The molecule has 0 unspecified atom stereocenters. The minimum atomic E-state index is -0.750. The summed E-state index contributed by atoms with van der Waals surface area (Å²) in [7, 11) is 0. The molecule has 2 aromatic rings. The van der Waals surface area contributed by atoms with Crippen molar-refractivity contribution in [2.75, 3.05) is 0 Å². The Hall–Kier alpha value is -3.41. The van der Waals surface area contributed by atoms with Gasteiger partial charge < -0.3 is 25.2 Å². The van der Waals surface area contributed by atoms with Gasteiger partial charge >= 0.3 is 0 Å². The zero-order valence-electron chi connectivity index (χ0n) is 18.0. The number of fused-ring (bicyclic) bond motifs is 1. The van der Waals surface area contributed by atoms with Gasteiger partial charge in [0.2, 0.25) is 0 Å². The normalized spacial score (nSPS) is 15.9. The van der Waals surface area contributed by atoms with E-state index in [1.807, 2.05) is 13.0 Å². The fourth-order valence-electron chi connectivity index (χ4n) is 3.66. The Labute approximate surface area is 181 Å². The number of benzene rings is 2. The molecule has 1 atom stereocenters. The first-order chi connectivity index (χ1) is 14.7. The van der Waals surface area contributed by atoms with Gasteiger partial charge in [0.05, 0.1) is 6.42 Å². The molecular formula is C25H28O6. The second-order valence-electron chi connectivity index (χ2n) is 8.19. The van der Waals surface area contributed by atoms with Crippen molar-refractivity contribution in [2.24, 2.45) is 0 Å². The lowest BCUT2D eigenvalue weighted by Crippen LogP contribution is -2.21. The molecule has 0 aromatic heterocycles. The van der Waals surface area contributed by atoms with Gasteiger partial charge in [0, 0.05) is 23.3 Å². The smallest absolute Gasteiger partial charge is 0.174 e. The first-order valence-corrected chi connectivity index (χ1v) is 10.2. The van der Waals surface area contributed by atoms with Crippen molar-refractivity contribution in [1.82, 2.24) is 0 Å². The number of hydrogen-bond donors (Lipinski definition) is 4. The van der Waals surface area contributed by atoms with Crippen LogP contribution in [0, 0.1) is 0 Å². The fourth-order valence-corrected chi connectivity index (χ4v) is 3.66. The molecule has 0 aliphatic carbocycles. The second-order valence-corrected chi connectivity index (χ2v) is 8.19. The monoisotopic (exact) mass is 424 g/mol. The van der Waals surface area contributed by atoms with Gasteiger partial charge in [-0.05, 0) is 52.2 Å². The zero-order chi connectivity index (χ0) is 22.7. The molecule has 0 saturated carbocycles. The number of ketones is 1. The van der Waals surface area contributed by atoms with E-state index in [4.69, 9.17) is 4.74 Å². The number of carbonyl (C=O) groups is 1. The van der Waals surface area contributed by atoms with Gasteiger partial charge in [-0.25, -0.2) is 0 Å². The van der Waals surface area contributed by atoms with E-state index in [1.165, 1.54) is 29.8 Å². The van der Waals surface area contributed by atoms with E-state index in [-0.39, 0.29) is 52.1 Å². The number of phenolic OH excluding ortho intramolecular Hbond substituents is 4. The topological polar surface area (TPSA) is 107 Å². The molecule has 0 amide bonds. The van der Waals surface area contributed by atoms with Crippen LogP contribution in [0.4, 0.5) is 0 Å².